The summed E-state index contributed by atoms with van der Waals surface area (Å²) in [5.41, 5.74) is 2.21. The minimum Gasteiger partial charge on any atom is -0.386 e. The van der Waals surface area contributed by atoms with E-state index in [1.807, 2.05) is 20.9 Å². The van der Waals surface area contributed by atoms with Gasteiger partial charge < -0.3 is 10.0 Å². The molecule has 1 N–H and O–H groups in total. The average Bonchev–Trinajstić information content (AvgIpc) is 2.47. The Labute approximate surface area is 107 Å². The molecule has 0 aliphatic carbocycles. The van der Waals surface area contributed by atoms with Crippen LogP contribution in [0.1, 0.15) is 23.9 Å². The lowest BCUT2D eigenvalue weighted by Crippen LogP contribution is -2.61. The molecule has 18 heavy (non-hydrogen) atoms. The fourth-order valence-corrected chi connectivity index (χ4v) is 2.22. The van der Waals surface area contributed by atoms with Crippen molar-refractivity contribution in [2.45, 2.75) is 26.4 Å². The number of rotatable bonds is 2. The number of carbonyl (C=O) groups is 1. The van der Waals surface area contributed by atoms with Gasteiger partial charge in [0.15, 0.2) is 0 Å². The predicted octanol–water partition coefficient (Wildman–Crippen LogP) is 0.643. The van der Waals surface area contributed by atoms with Crippen molar-refractivity contribution in [3.63, 3.8) is 0 Å². The van der Waals surface area contributed by atoms with E-state index in [1.54, 1.807) is 28.7 Å². The Hall–Kier alpha value is -1.62. The number of likely N-dealkylation sites (tertiary alicyclic amines) is 1. The molecule has 0 saturated carbocycles. The first-order chi connectivity index (χ1) is 8.30. The topological polar surface area (TPSA) is 58.4 Å². The van der Waals surface area contributed by atoms with Gasteiger partial charge in [-0.15, -0.1) is 0 Å². The van der Waals surface area contributed by atoms with Crippen LogP contribution in [0.4, 0.5) is 0 Å². The van der Waals surface area contributed by atoms with Gasteiger partial charge in [-0.1, -0.05) is 0 Å². The Balaban J connectivity index is 2.05. The summed E-state index contributed by atoms with van der Waals surface area (Å²) in [5, 5.41) is 13.9. The van der Waals surface area contributed by atoms with E-state index in [4.69, 9.17) is 0 Å². The summed E-state index contributed by atoms with van der Waals surface area (Å²) in [5.74, 6) is -0.0656. The third kappa shape index (κ3) is 2.31. The van der Waals surface area contributed by atoms with Crippen molar-refractivity contribution in [3.05, 3.63) is 23.0 Å². The molecule has 2 heterocycles. The summed E-state index contributed by atoms with van der Waals surface area (Å²) in [6.45, 7) is 6.43. The number of aliphatic hydroxyl groups is 1. The molecular weight excluding hydrogens is 230 g/mol. The van der Waals surface area contributed by atoms with E-state index < -0.39 is 5.60 Å². The quantitative estimate of drug-likeness (QED) is 0.783. The average molecular weight is 249 g/mol. The molecule has 0 unspecified atom stereocenters. The molecule has 0 aromatic carbocycles. The zero-order valence-electron chi connectivity index (χ0n) is 11.3. The van der Waals surface area contributed by atoms with E-state index in [0.717, 1.165) is 17.0 Å². The van der Waals surface area contributed by atoms with Gasteiger partial charge in [0.2, 0.25) is 5.91 Å². The Kier molecular flexibility index (Phi) is 3.02. The number of β-amino-alcohol motifs (C(OH)–C–C–N with tert-alkyl or cyclic N) is 1. The monoisotopic (exact) mass is 249 g/mol. The van der Waals surface area contributed by atoms with Gasteiger partial charge in [-0.3, -0.25) is 9.48 Å². The molecule has 1 amide bonds. The molecule has 5 nitrogen and oxygen atoms in total. The SMILES string of the molecule is Cc1nn(C)c(C)c1C=CC(=O)N1CC(C)(O)C1. The first-order valence-corrected chi connectivity index (χ1v) is 6.00. The van der Waals surface area contributed by atoms with Crippen LogP contribution in [0.3, 0.4) is 0 Å². The number of amides is 1. The summed E-state index contributed by atoms with van der Waals surface area (Å²) in [6.07, 6.45) is 3.35. The number of aryl methyl sites for hydroxylation is 2. The minimum absolute atomic E-state index is 0.0656. The van der Waals surface area contributed by atoms with Gasteiger partial charge in [-0.2, -0.15) is 5.10 Å². The highest BCUT2D eigenvalue weighted by atomic mass is 16.3. The van der Waals surface area contributed by atoms with Crippen LogP contribution in [0.15, 0.2) is 6.08 Å². The Morgan fingerprint density at radius 2 is 2.06 bits per heavy atom. The molecule has 0 bridgehead atoms. The van der Waals surface area contributed by atoms with Crippen molar-refractivity contribution in [2.75, 3.05) is 13.1 Å². The van der Waals surface area contributed by atoms with Crippen molar-refractivity contribution in [1.82, 2.24) is 14.7 Å². The van der Waals surface area contributed by atoms with Crippen LogP contribution in [0.25, 0.3) is 6.08 Å². The molecule has 1 saturated heterocycles. The Morgan fingerprint density at radius 3 is 2.50 bits per heavy atom. The molecule has 5 heteroatoms. The molecule has 0 spiro atoms. The number of carbonyl (C=O) groups excluding carboxylic acids is 1. The third-order valence-electron chi connectivity index (χ3n) is 3.33. The standard InChI is InChI=1S/C13H19N3O2/c1-9-11(10(2)15(4)14-9)5-6-12(17)16-7-13(3,18)8-16/h5-6,18H,7-8H2,1-4H3. The van der Waals surface area contributed by atoms with E-state index in [9.17, 15) is 9.90 Å². The predicted molar refractivity (Wildman–Crippen MR) is 68.9 cm³/mol. The Bertz CT molecular complexity index is 507. The molecule has 1 aromatic heterocycles. The van der Waals surface area contributed by atoms with Gasteiger partial charge in [0, 0.05) is 24.4 Å². The second-order valence-electron chi connectivity index (χ2n) is 5.23. The lowest BCUT2D eigenvalue weighted by Gasteiger charge is -2.43. The van der Waals surface area contributed by atoms with Crippen LogP contribution in [-0.4, -0.2) is 44.4 Å². The fourth-order valence-electron chi connectivity index (χ4n) is 2.22. The van der Waals surface area contributed by atoms with E-state index in [2.05, 4.69) is 5.10 Å². The van der Waals surface area contributed by atoms with E-state index >= 15 is 0 Å². The lowest BCUT2D eigenvalue weighted by molar-refractivity contribution is -0.146. The molecule has 1 aliphatic rings. The molecule has 1 fully saturated rings. The first-order valence-electron chi connectivity index (χ1n) is 6.00. The Morgan fingerprint density at radius 1 is 1.44 bits per heavy atom. The number of nitrogens with zero attached hydrogens (tertiary/aromatic N) is 3. The van der Waals surface area contributed by atoms with Crippen molar-refractivity contribution >= 4 is 12.0 Å². The molecule has 0 atom stereocenters. The molecule has 0 radical (unpaired) electrons. The second kappa shape index (κ2) is 4.24. The summed E-state index contributed by atoms with van der Waals surface area (Å²) < 4.78 is 1.80. The maximum Gasteiger partial charge on any atom is 0.246 e. The third-order valence-corrected chi connectivity index (χ3v) is 3.33. The second-order valence-corrected chi connectivity index (χ2v) is 5.23. The fraction of sp³-hybridized carbons (Fsp3) is 0.538. The van der Waals surface area contributed by atoms with Gasteiger partial charge in [-0.25, -0.2) is 0 Å². The lowest BCUT2D eigenvalue weighted by atomic mass is 9.97. The first kappa shape index (κ1) is 12.8. The highest BCUT2D eigenvalue weighted by molar-refractivity contribution is 5.92. The highest BCUT2D eigenvalue weighted by Crippen LogP contribution is 2.20. The van der Waals surface area contributed by atoms with Crippen LogP contribution in [0, 0.1) is 13.8 Å². The molecule has 98 valence electrons. The largest absolute Gasteiger partial charge is 0.386 e. The molecule has 2 rings (SSSR count). The molecule has 1 aromatic rings. The van der Waals surface area contributed by atoms with Gasteiger partial charge in [0.1, 0.15) is 0 Å². The van der Waals surface area contributed by atoms with Crippen LogP contribution < -0.4 is 0 Å². The normalized spacial score (nSPS) is 18.2. The zero-order valence-corrected chi connectivity index (χ0v) is 11.3. The number of aromatic nitrogens is 2. The smallest absolute Gasteiger partial charge is 0.246 e. The van der Waals surface area contributed by atoms with Gasteiger partial charge in [-0.05, 0) is 26.8 Å². The minimum atomic E-state index is -0.719. The van der Waals surface area contributed by atoms with Gasteiger partial charge in [0.05, 0.1) is 24.4 Å². The van der Waals surface area contributed by atoms with E-state index in [-0.39, 0.29) is 5.91 Å². The number of hydrogen-bond donors (Lipinski definition) is 1. The van der Waals surface area contributed by atoms with Crippen LogP contribution in [0.5, 0.6) is 0 Å². The van der Waals surface area contributed by atoms with Crippen molar-refractivity contribution in [2.24, 2.45) is 7.05 Å². The van der Waals surface area contributed by atoms with Crippen LogP contribution in [-0.2, 0) is 11.8 Å². The van der Waals surface area contributed by atoms with Crippen molar-refractivity contribution < 1.29 is 9.90 Å². The molecular formula is C13H19N3O2. The summed E-state index contributed by atoms with van der Waals surface area (Å²) in [4.78, 5) is 13.4. The highest BCUT2D eigenvalue weighted by Gasteiger charge is 2.38. The maximum absolute atomic E-state index is 11.8. The molecule has 1 aliphatic heterocycles. The van der Waals surface area contributed by atoms with Gasteiger partial charge >= 0.3 is 0 Å². The van der Waals surface area contributed by atoms with Crippen LogP contribution in [0.2, 0.25) is 0 Å². The van der Waals surface area contributed by atoms with E-state index in [0.29, 0.717) is 13.1 Å². The zero-order chi connectivity index (χ0) is 13.5. The van der Waals surface area contributed by atoms with Crippen LogP contribution >= 0.6 is 0 Å². The van der Waals surface area contributed by atoms with Crippen molar-refractivity contribution in [1.29, 1.82) is 0 Å². The van der Waals surface area contributed by atoms with Gasteiger partial charge in [0.25, 0.3) is 0 Å². The van der Waals surface area contributed by atoms with E-state index in [1.165, 1.54) is 0 Å². The summed E-state index contributed by atoms with van der Waals surface area (Å²) in [6, 6.07) is 0. The van der Waals surface area contributed by atoms with Crippen molar-refractivity contribution in [3.8, 4) is 0 Å². The number of hydrogen-bond acceptors (Lipinski definition) is 3. The summed E-state index contributed by atoms with van der Waals surface area (Å²) in [7, 11) is 1.88. The maximum atomic E-state index is 11.8. The summed E-state index contributed by atoms with van der Waals surface area (Å²) >= 11 is 0.